The fraction of sp³-hybridized carbons (Fsp3) is 0.233. The van der Waals surface area contributed by atoms with Crippen LogP contribution < -0.4 is 28.1 Å². The molecule has 0 aliphatic heterocycles. The molecule has 0 saturated heterocycles. The van der Waals surface area contributed by atoms with Gasteiger partial charge in [0.1, 0.15) is 0 Å². The minimum absolute atomic E-state index is 0. The van der Waals surface area contributed by atoms with E-state index in [0.29, 0.717) is 0 Å². The molecule has 0 unspecified atom stereocenters. The first-order chi connectivity index (χ1) is 15.3. The molecule has 0 nitrogen and oxygen atoms in total. The molecule has 2 aliphatic rings. The number of fused-ring (bicyclic) bond motifs is 3. The maximum atomic E-state index is 2.50. The Morgan fingerprint density at radius 2 is 1.61 bits per heavy atom. The van der Waals surface area contributed by atoms with E-state index in [2.05, 4.69) is 97.9 Å². The Labute approximate surface area is 218 Å². The topological polar surface area (TPSA) is 0 Å². The maximum absolute atomic E-state index is 2.50. The van der Waals surface area contributed by atoms with Crippen LogP contribution in [0.25, 0.3) is 11.1 Å². The van der Waals surface area contributed by atoms with E-state index in [-0.39, 0.29) is 24.8 Å². The zero-order valence-corrected chi connectivity index (χ0v) is 23.1. The van der Waals surface area contributed by atoms with E-state index in [9.17, 15) is 0 Å². The molecule has 3 heteroatoms. The summed E-state index contributed by atoms with van der Waals surface area (Å²) in [7, 11) is 0. The van der Waals surface area contributed by atoms with Crippen LogP contribution in [-0.2, 0) is 34.1 Å². The van der Waals surface area contributed by atoms with E-state index >= 15 is 0 Å². The predicted octanol–water partition coefficient (Wildman–Crippen LogP) is 0.958. The summed E-state index contributed by atoms with van der Waals surface area (Å²) in [5.41, 5.74) is 7.57. The summed E-state index contributed by atoms with van der Waals surface area (Å²) in [6.45, 7) is 2.33. The van der Waals surface area contributed by atoms with Crippen LogP contribution in [0.4, 0.5) is 0 Å². The van der Waals surface area contributed by atoms with Crippen molar-refractivity contribution in [2.24, 2.45) is 0 Å². The first-order valence-corrected chi connectivity index (χ1v) is 15.4. The van der Waals surface area contributed by atoms with Crippen molar-refractivity contribution in [2.75, 3.05) is 0 Å². The van der Waals surface area contributed by atoms with Gasteiger partial charge in [-0.3, -0.25) is 0 Å². The Balaban J connectivity index is 0.00000153. The number of hydrogen-bond donors (Lipinski definition) is 0. The molecule has 0 fully saturated rings. The number of halogens is 2. The van der Waals surface area contributed by atoms with Crippen LogP contribution in [-0.4, -0.2) is 3.21 Å². The van der Waals surface area contributed by atoms with Gasteiger partial charge in [0.2, 0.25) is 0 Å². The minimum atomic E-state index is -2.18. The SMILES string of the molecule is CCCC/[C](Cc1ccccc1)=[Zr+2](\[C]1=CC=CC1)[c]1cccc2c1Cc1ccccc1-2.[Cl-].[Cl-]. The van der Waals surface area contributed by atoms with E-state index < -0.39 is 21.3 Å². The second-order valence-corrected chi connectivity index (χ2v) is 15.2. The van der Waals surface area contributed by atoms with E-state index in [4.69, 9.17) is 0 Å². The zero-order chi connectivity index (χ0) is 21.0. The van der Waals surface area contributed by atoms with Crippen molar-refractivity contribution in [2.45, 2.75) is 45.4 Å². The molecule has 0 N–H and O–H groups in total. The zero-order valence-electron chi connectivity index (χ0n) is 19.2. The van der Waals surface area contributed by atoms with Crippen LogP contribution in [0.5, 0.6) is 0 Å². The number of benzene rings is 3. The van der Waals surface area contributed by atoms with Gasteiger partial charge in [-0.2, -0.15) is 0 Å². The average Bonchev–Trinajstić information content (AvgIpc) is 3.47. The third-order valence-electron chi connectivity index (χ3n) is 6.66. The fourth-order valence-electron chi connectivity index (χ4n) is 5.15. The fourth-order valence-corrected chi connectivity index (χ4v) is 13.4. The van der Waals surface area contributed by atoms with Crippen molar-refractivity contribution < 1.29 is 46.1 Å². The number of unbranched alkanes of at least 4 members (excludes halogenated alkanes) is 1. The summed E-state index contributed by atoms with van der Waals surface area (Å²) in [5.74, 6) is 0. The predicted molar refractivity (Wildman–Crippen MR) is 131 cm³/mol. The molecule has 0 atom stereocenters. The molecule has 2 aliphatic carbocycles. The maximum Gasteiger partial charge on any atom is -1.00 e. The quantitative estimate of drug-likeness (QED) is 0.321. The first kappa shape index (κ1) is 26.1. The molecule has 33 heavy (non-hydrogen) atoms. The van der Waals surface area contributed by atoms with E-state index in [0.717, 1.165) is 19.3 Å². The second kappa shape index (κ2) is 12.3. The summed E-state index contributed by atoms with van der Waals surface area (Å²) in [4.78, 5) is 0. The van der Waals surface area contributed by atoms with Crippen molar-refractivity contribution in [1.82, 2.24) is 0 Å². The number of rotatable bonds is 7. The van der Waals surface area contributed by atoms with Gasteiger partial charge < -0.3 is 24.8 Å². The smallest absolute Gasteiger partial charge is 1.00 e. The van der Waals surface area contributed by atoms with Gasteiger partial charge in [-0.25, -0.2) is 0 Å². The number of allylic oxidation sites excluding steroid dienone is 4. The van der Waals surface area contributed by atoms with Gasteiger partial charge >= 0.3 is 195 Å². The van der Waals surface area contributed by atoms with Crippen molar-refractivity contribution in [1.29, 1.82) is 0 Å². The molecule has 3 aromatic carbocycles. The van der Waals surface area contributed by atoms with Crippen LogP contribution in [0.2, 0.25) is 0 Å². The molecular formula is C30H30Cl2Zr. The van der Waals surface area contributed by atoms with E-state index in [1.165, 1.54) is 41.5 Å². The van der Waals surface area contributed by atoms with Gasteiger partial charge in [0.15, 0.2) is 0 Å². The van der Waals surface area contributed by atoms with E-state index in [1.54, 1.807) is 12.1 Å². The molecule has 3 aromatic rings. The number of hydrogen-bond acceptors (Lipinski definition) is 0. The molecule has 0 spiro atoms. The van der Waals surface area contributed by atoms with Gasteiger partial charge in [-0.1, -0.05) is 0 Å². The molecule has 0 bridgehead atoms. The summed E-state index contributed by atoms with van der Waals surface area (Å²) >= 11 is -2.18. The molecule has 0 amide bonds. The largest absolute Gasteiger partial charge is 1.00 e. The van der Waals surface area contributed by atoms with Crippen LogP contribution in [0.15, 0.2) is 94.3 Å². The molecule has 0 heterocycles. The third kappa shape index (κ3) is 5.59. The van der Waals surface area contributed by atoms with Crippen molar-refractivity contribution in [3.8, 4) is 11.1 Å². The Bertz CT molecular complexity index is 1190. The van der Waals surface area contributed by atoms with Gasteiger partial charge in [0, 0.05) is 0 Å². The van der Waals surface area contributed by atoms with E-state index in [1.807, 2.05) is 3.21 Å². The normalized spacial score (nSPS) is 13.4. The Morgan fingerprint density at radius 3 is 2.36 bits per heavy atom. The molecule has 5 rings (SSSR count). The molecule has 168 valence electrons. The Kier molecular flexibility index (Phi) is 9.69. The van der Waals surface area contributed by atoms with Crippen LogP contribution in [0.3, 0.4) is 0 Å². The minimum Gasteiger partial charge on any atom is -1.00 e. The monoisotopic (exact) mass is 550 g/mol. The van der Waals surface area contributed by atoms with Crippen molar-refractivity contribution >= 4 is 6.48 Å². The Morgan fingerprint density at radius 1 is 0.848 bits per heavy atom. The standard InChI is InChI=1S/C13H9.C12H16.C5H5.2ClH.Zr/c1-3-7-12-10(5-1)9-11-6-2-4-8-13(11)12;1-2-3-4-6-9-12-10-7-5-8-11-12;1-2-4-5-3-1;;;/h1-5,7-8H,9H2;5,7-8,10-11H,2-4,9H2,1H3;1-3H,4H2;2*1H;/q;;;;;+2/p-2. The van der Waals surface area contributed by atoms with Crippen LogP contribution >= 0.6 is 0 Å². The van der Waals surface area contributed by atoms with Crippen LogP contribution in [0, 0.1) is 0 Å². The third-order valence-corrected chi connectivity index (χ3v) is 14.4. The summed E-state index contributed by atoms with van der Waals surface area (Å²) < 4.78 is 5.36. The molecule has 0 saturated carbocycles. The molecular weight excluding hydrogens is 522 g/mol. The summed E-state index contributed by atoms with van der Waals surface area (Å²) in [6, 6.07) is 27.4. The molecule has 0 aromatic heterocycles. The van der Waals surface area contributed by atoms with Crippen LogP contribution in [0.1, 0.15) is 49.3 Å². The van der Waals surface area contributed by atoms with Crippen molar-refractivity contribution in [3.05, 3.63) is 111 Å². The molecule has 0 radical (unpaired) electrons. The summed E-state index contributed by atoms with van der Waals surface area (Å²) in [6.07, 6.45) is 14.4. The first-order valence-electron chi connectivity index (χ1n) is 11.7. The van der Waals surface area contributed by atoms with Gasteiger partial charge in [0.05, 0.1) is 0 Å². The Hall–Kier alpha value is -1.53. The summed E-state index contributed by atoms with van der Waals surface area (Å²) in [5, 5.41) is 0. The van der Waals surface area contributed by atoms with Gasteiger partial charge in [-0.15, -0.1) is 0 Å². The van der Waals surface area contributed by atoms with Gasteiger partial charge in [0.25, 0.3) is 0 Å². The second-order valence-electron chi connectivity index (χ2n) is 8.73. The van der Waals surface area contributed by atoms with Gasteiger partial charge in [-0.05, 0) is 0 Å². The van der Waals surface area contributed by atoms with Crippen molar-refractivity contribution in [3.63, 3.8) is 0 Å². The average molecular weight is 553 g/mol.